The van der Waals surface area contributed by atoms with Gasteiger partial charge in [-0.3, -0.25) is 4.79 Å². The minimum atomic E-state index is -0.575. The quantitative estimate of drug-likeness (QED) is 0.428. The number of allylic oxidation sites excluding steroid dienone is 1. The van der Waals surface area contributed by atoms with Gasteiger partial charge in [-0.05, 0) is 64.3 Å². The Balaban J connectivity index is 2.22. The maximum atomic E-state index is 13.7. The lowest BCUT2D eigenvalue weighted by Crippen LogP contribution is -1.99. The van der Waals surface area contributed by atoms with Crippen molar-refractivity contribution in [3.8, 4) is 17.2 Å². The molecule has 0 spiro atoms. The molecule has 0 fully saturated rings. The van der Waals surface area contributed by atoms with Crippen molar-refractivity contribution in [3.05, 3.63) is 57.8 Å². The molecule has 0 atom stereocenters. The van der Waals surface area contributed by atoms with E-state index in [2.05, 4.69) is 15.9 Å². The van der Waals surface area contributed by atoms with E-state index >= 15 is 0 Å². The number of methoxy groups -OCH3 is 2. The second-order valence-electron chi connectivity index (χ2n) is 5.43. The second-order valence-corrected chi connectivity index (χ2v) is 6.28. The van der Waals surface area contributed by atoms with Gasteiger partial charge in [-0.25, -0.2) is 4.39 Å². The van der Waals surface area contributed by atoms with Gasteiger partial charge in [-0.15, -0.1) is 0 Å². The average Bonchev–Trinajstić information content (AvgIpc) is 2.64. The molecule has 0 aromatic heterocycles. The number of ketones is 1. The Hall–Kier alpha value is -2.34. The topological polar surface area (TPSA) is 44.8 Å². The van der Waals surface area contributed by atoms with Crippen LogP contribution in [0.15, 0.2) is 40.9 Å². The molecule has 0 aliphatic heterocycles. The molecule has 0 aliphatic rings. The lowest BCUT2D eigenvalue weighted by Gasteiger charge is -2.12. The molecule has 0 bridgehead atoms. The summed E-state index contributed by atoms with van der Waals surface area (Å²) in [5, 5.41) is 0. The molecular weight excluding hydrogens is 403 g/mol. The number of hydrogen-bond donors (Lipinski definition) is 0. The molecule has 0 radical (unpaired) electrons. The van der Waals surface area contributed by atoms with E-state index in [1.54, 1.807) is 19.3 Å². The third-order valence-electron chi connectivity index (χ3n) is 3.57. The third-order valence-corrected chi connectivity index (χ3v) is 4.15. The van der Waals surface area contributed by atoms with Crippen LogP contribution in [0, 0.1) is 5.82 Å². The summed E-state index contributed by atoms with van der Waals surface area (Å²) in [7, 11) is 2.93. The van der Waals surface area contributed by atoms with Gasteiger partial charge in [-0.2, -0.15) is 0 Å². The lowest BCUT2D eigenvalue weighted by molar-refractivity contribution is 0.104. The van der Waals surface area contributed by atoms with E-state index in [1.165, 1.54) is 25.3 Å². The van der Waals surface area contributed by atoms with Gasteiger partial charge < -0.3 is 14.2 Å². The van der Waals surface area contributed by atoms with Gasteiger partial charge in [0.1, 0.15) is 0 Å². The maximum Gasteiger partial charge on any atom is 0.185 e. The first kappa shape index (κ1) is 20.0. The highest BCUT2D eigenvalue weighted by atomic mass is 79.9. The van der Waals surface area contributed by atoms with Crippen molar-refractivity contribution in [2.24, 2.45) is 0 Å². The number of rotatable bonds is 8. The van der Waals surface area contributed by atoms with Gasteiger partial charge in [-0.1, -0.05) is 13.0 Å². The van der Waals surface area contributed by atoms with Crippen LogP contribution >= 0.6 is 15.9 Å². The molecule has 2 aromatic rings. The molecule has 4 nitrogen and oxygen atoms in total. The van der Waals surface area contributed by atoms with Crippen LogP contribution in [0.1, 0.15) is 29.3 Å². The maximum absolute atomic E-state index is 13.7. The van der Waals surface area contributed by atoms with Crippen molar-refractivity contribution in [2.75, 3.05) is 20.8 Å². The zero-order valence-electron chi connectivity index (χ0n) is 14.8. The fourth-order valence-corrected chi connectivity index (χ4v) is 2.84. The first-order chi connectivity index (χ1) is 12.5. The molecule has 0 saturated carbocycles. The van der Waals surface area contributed by atoms with Crippen LogP contribution in [-0.2, 0) is 0 Å². The standard InChI is InChI=1S/C20H20BrFO4/c1-4-9-26-20-15(21)10-13(11-19(20)25-3)5-7-17(23)14-6-8-18(24-2)16(22)12-14/h5-8,10-12H,4,9H2,1-3H3/b7-5+. The van der Waals surface area contributed by atoms with Gasteiger partial charge in [0.2, 0.25) is 0 Å². The van der Waals surface area contributed by atoms with Crippen LogP contribution in [0.2, 0.25) is 0 Å². The summed E-state index contributed by atoms with van der Waals surface area (Å²) >= 11 is 3.46. The van der Waals surface area contributed by atoms with Gasteiger partial charge in [0.05, 0.1) is 25.3 Å². The molecule has 0 N–H and O–H groups in total. The number of ether oxygens (including phenoxy) is 3. The summed E-state index contributed by atoms with van der Waals surface area (Å²) in [5.74, 6) is 0.397. The molecule has 0 saturated heterocycles. The fraction of sp³-hybridized carbons (Fsp3) is 0.250. The molecule has 6 heteroatoms. The smallest absolute Gasteiger partial charge is 0.185 e. The second kappa shape index (κ2) is 9.38. The molecule has 0 amide bonds. The summed E-state index contributed by atoms with van der Waals surface area (Å²) in [6, 6.07) is 7.70. The number of carbonyl (C=O) groups is 1. The molecule has 26 heavy (non-hydrogen) atoms. The summed E-state index contributed by atoms with van der Waals surface area (Å²) < 4.78 is 30.4. The van der Waals surface area contributed by atoms with Crippen LogP contribution in [-0.4, -0.2) is 26.6 Å². The summed E-state index contributed by atoms with van der Waals surface area (Å²) in [5.41, 5.74) is 0.994. The zero-order valence-corrected chi connectivity index (χ0v) is 16.4. The van der Waals surface area contributed by atoms with Crippen LogP contribution in [0.4, 0.5) is 4.39 Å². The average molecular weight is 423 g/mol. The number of carbonyl (C=O) groups excluding carboxylic acids is 1. The van der Waals surface area contributed by atoms with Crippen molar-refractivity contribution in [1.82, 2.24) is 0 Å². The van der Waals surface area contributed by atoms with Crippen LogP contribution < -0.4 is 14.2 Å². The third kappa shape index (κ3) is 4.85. The first-order valence-electron chi connectivity index (χ1n) is 8.06. The van der Waals surface area contributed by atoms with Crippen molar-refractivity contribution in [1.29, 1.82) is 0 Å². The highest BCUT2D eigenvalue weighted by Gasteiger charge is 2.11. The Kier molecular flexibility index (Phi) is 7.21. The lowest BCUT2D eigenvalue weighted by atomic mass is 10.1. The van der Waals surface area contributed by atoms with Crippen LogP contribution in [0.3, 0.4) is 0 Å². The Morgan fingerprint density at radius 2 is 1.88 bits per heavy atom. The Bertz CT molecular complexity index is 818. The van der Waals surface area contributed by atoms with Crippen molar-refractivity contribution in [3.63, 3.8) is 0 Å². The Morgan fingerprint density at radius 1 is 1.15 bits per heavy atom. The Labute approximate surface area is 160 Å². The van der Waals surface area contributed by atoms with Crippen LogP contribution in [0.25, 0.3) is 6.08 Å². The molecule has 0 heterocycles. The van der Waals surface area contributed by atoms with E-state index in [0.717, 1.165) is 22.5 Å². The minimum absolute atomic E-state index is 0.0989. The molecule has 0 aliphatic carbocycles. The van der Waals surface area contributed by atoms with Crippen molar-refractivity contribution < 1.29 is 23.4 Å². The SMILES string of the molecule is CCCOc1c(Br)cc(/C=C/C(=O)c2ccc(OC)c(F)c2)cc1OC. The molecule has 0 unspecified atom stereocenters. The van der Waals surface area contributed by atoms with E-state index in [4.69, 9.17) is 14.2 Å². The molecule has 138 valence electrons. The van der Waals surface area contributed by atoms with Crippen molar-refractivity contribution >= 4 is 27.8 Å². The number of benzene rings is 2. The molecular formula is C20H20BrFO4. The predicted molar refractivity (Wildman–Crippen MR) is 103 cm³/mol. The molecule has 2 aromatic carbocycles. The van der Waals surface area contributed by atoms with Crippen LogP contribution in [0.5, 0.6) is 17.2 Å². The number of halogens is 2. The normalized spacial score (nSPS) is 10.8. The van der Waals surface area contributed by atoms with E-state index in [9.17, 15) is 9.18 Å². The van der Waals surface area contributed by atoms with Gasteiger partial charge in [0.25, 0.3) is 0 Å². The minimum Gasteiger partial charge on any atom is -0.494 e. The summed E-state index contributed by atoms with van der Waals surface area (Å²) in [6.45, 7) is 2.59. The zero-order chi connectivity index (χ0) is 19.1. The highest BCUT2D eigenvalue weighted by molar-refractivity contribution is 9.10. The van der Waals surface area contributed by atoms with E-state index in [-0.39, 0.29) is 17.1 Å². The Morgan fingerprint density at radius 3 is 2.50 bits per heavy atom. The highest BCUT2D eigenvalue weighted by Crippen LogP contribution is 2.37. The summed E-state index contributed by atoms with van der Waals surface area (Å²) in [4.78, 5) is 12.3. The number of hydrogen-bond acceptors (Lipinski definition) is 4. The van der Waals surface area contributed by atoms with Gasteiger partial charge in [0, 0.05) is 5.56 Å². The monoisotopic (exact) mass is 422 g/mol. The summed E-state index contributed by atoms with van der Waals surface area (Å²) in [6.07, 6.45) is 3.90. The largest absolute Gasteiger partial charge is 0.494 e. The van der Waals surface area contributed by atoms with Gasteiger partial charge >= 0.3 is 0 Å². The molecule has 2 rings (SSSR count). The van der Waals surface area contributed by atoms with E-state index in [0.29, 0.717) is 18.1 Å². The van der Waals surface area contributed by atoms with E-state index in [1.807, 2.05) is 13.0 Å². The van der Waals surface area contributed by atoms with Crippen molar-refractivity contribution in [2.45, 2.75) is 13.3 Å². The predicted octanol–water partition coefficient (Wildman–Crippen LogP) is 5.29. The van der Waals surface area contributed by atoms with E-state index < -0.39 is 5.82 Å². The fourth-order valence-electron chi connectivity index (χ4n) is 2.27. The van der Waals surface area contributed by atoms with Gasteiger partial charge in [0.15, 0.2) is 28.8 Å². The first-order valence-corrected chi connectivity index (χ1v) is 8.85.